The van der Waals surface area contributed by atoms with Crippen LogP contribution in [-0.4, -0.2) is 70.1 Å². The number of carbonyl (C=O) groups excluding carboxylic acids is 4. The molecule has 1 aliphatic carbocycles. The number of aromatic amines is 1. The fourth-order valence-corrected chi connectivity index (χ4v) is 3.58. The lowest BCUT2D eigenvalue weighted by molar-refractivity contribution is -0.146. The molecule has 1 aliphatic rings. The molecular weight excluding hydrogens is 522 g/mol. The number of nitrogens with two attached hydrogens (primary N) is 1. The Balaban J connectivity index is 1.74. The van der Waals surface area contributed by atoms with E-state index in [1.54, 1.807) is 32.0 Å². The molecule has 5 N–H and O–H groups in total. The number of amides is 3. The molecule has 1 saturated carbocycles. The number of hydrogen-bond acceptors (Lipinski definition) is 8. The van der Waals surface area contributed by atoms with Crippen LogP contribution in [0.5, 0.6) is 0 Å². The standard InChI is InChI=1S/C27H31N5O8/c1-4-11-32(27(38)40-14-39-22(35)10-9-21(33)34)26(37)19-13-29-23(16(19)3)24(28)31-20-12-17(6-5-15(20)2)25(36)30-18-7-8-18/h5-6,9-10,12-13,18,29H,4,7-8,11,14H2,1-3H3,(H2,28,31)(H,30,36)(H,33,34)/b10-9+. The highest BCUT2D eigenvalue weighted by Crippen LogP contribution is 2.24. The molecule has 0 radical (unpaired) electrons. The largest absolute Gasteiger partial charge is 0.478 e. The highest BCUT2D eigenvalue weighted by Gasteiger charge is 2.27. The quantitative estimate of drug-likeness (QED) is 0.106. The Morgan fingerprint density at radius 2 is 1.90 bits per heavy atom. The molecule has 13 nitrogen and oxygen atoms in total. The van der Waals surface area contributed by atoms with Crippen molar-refractivity contribution >= 4 is 41.4 Å². The van der Waals surface area contributed by atoms with Crippen LogP contribution in [0, 0.1) is 13.8 Å². The molecule has 0 spiro atoms. The van der Waals surface area contributed by atoms with Crippen molar-refractivity contribution in [2.75, 3.05) is 13.3 Å². The minimum absolute atomic E-state index is 0.0168. The first-order valence-electron chi connectivity index (χ1n) is 12.5. The number of carboxylic acid groups (broad SMARTS) is 1. The number of nitrogens with zero attached hydrogens (tertiary/aromatic N) is 2. The zero-order valence-electron chi connectivity index (χ0n) is 22.4. The SMILES string of the molecule is CCCN(C(=O)OCOC(=O)/C=C/C(=O)O)C(=O)c1c[nH]c(C(N)=Nc2cc(C(=O)NC3CC3)ccc2C)c1C. The van der Waals surface area contributed by atoms with Crippen LogP contribution in [0.4, 0.5) is 10.5 Å². The Morgan fingerprint density at radius 3 is 2.55 bits per heavy atom. The number of benzene rings is 1. The summed E-state index contributed by atoms with van der Waals surface area (Å²) in [6.07, 6.45) is 3.93. The van der Waals surface area contributed by atoms with Gasteiger partial charge in [0.05, 0.1) is 16.9 Å². The lowest BCUT2D eigenvalue weighted by Crippen LogP contribution is -2.38. The van der Waals surface area contributed by atoms with Crippen molar-refractivity contribution in [3.05, 3.63) is 64.5 Å². The van der Waals surface area contributed by atoms with Crippen molar-refractivity contribution in [1.82, 2.24) is 15.2 Å². The number of nitrogens with one attached hydrogen (secondary N) is 2. The Morgan fingerprint density at radius 1 is 1.18 bits per heavy atom. The molecule has 40 heavy (non-hydrogen) atoms. The van der Waals surface area contributed by atoms with E-state index < -0.39 is 30.7 Å². The summed E-state index contributed by atoms with van der Waals surface area (Å²) in [5.41, 5.74) is 8.96. The Kier molecular flexibility index (Phi) is 9.79. The molecule has 1 aromatic carbocycles. The summed E-state index contributed by atoms with van der Waals surface area (Å²) in [6, 6.07) is 5.35. The lowest BCUT2D eigenvalue weighted by atomic mass is 10.1. The first-order chi connectivity index (χ1) is 19.0. The van der Waals surface area contributed by atoms with Gasteiger partial charge in [-0.05, 0) is 56.4 Å². The molecule has 3 rings (SSSR count). The predicted molar refractivity (Wildman–Crippen MR) is 143 cm³/mol. The lowest BCUT2D eigenvalue weighted by Gasteiger charge is -2.19. The molecule has 0 saturated heterocycles. The normalized spacial score (nSPS) is 13.1. The van der Waals surface area contributed by atoms with Crippen molar-refractivity contribution in [2.45, 2.75) is 46.1 Å². The van der Waals surface area contributed by atoms with Gasteiger partial charge in [-0.1, -0.05) is 13.0 Å². The second-order valence-corrected chi connectivity index (χ2v) is 9.07. The molecule has 1 fully saturated rings. The maximum absolute atomic E-state index is 13.2. The minimum atomic E-state index is -1.35. The molecule has 0 bridgehead atoms. The van der Waals surface area contributed by atoms with Crippen LogP contribution in [-0.2, 0) is 19.1 Å². The van der Waals surface area contributed by atoms with Crippen LogP contribution >= 0.6 is 0 Å². The predicted octanol–water partition coefficient (Wildman–Crippen LogP) is 2.69. The number of aromatic nitrogens is 1. The molecule has 2 aromatic rings. The first kappa shape index (κ1) is 29.6. The Bertz CT molecular complexity index is 1370. The van der Waals surface area contributed by atoms with Crippen LogP contribution < -0.4 is 11.1 Å². The number of carbonyl (C=O) groups is 5. The molecular formula is C27H31N5O8. The zero-order valence-corrected chi connectivity index (χ0v) is 22.4. The van der Waals surface area contributed by atoms with Gasteiger partial charge in [0.2, 0.25) is 6.79 Å². The van der Waals surface area contributed by atoms with Crippen LogP contribution in [0.3, 0.4) is 0 Å². The summed E-state index contributed by atoms with van der Waals surface area (Å²) in [7, 11) is 0. The van der Waals surface area contributed by atoms with E-state index in [0.717, 1.165) is 23.3 Å². The van der Waals surface area contributed by atoms with E-state index in [2.05, 4.69) is 20.0 Å². The van der Waals surface area contributed by atoms with Crippen molar-refractivity contribution in [2.24, 2.45) is 10.7 Å². The molecule has 1 aromatic heterocycles. The van der Waals surface area contributed by atoms with E-state index in [4.69, 9.17) is 15.6 Å². The van der Waals surface area contributed by atoms with Gasteiger partial charge >= 0.3 is 18.0 Å². The number of amidine groups is 1. The van der Waals surface area contributed by atoms with E-state index in [1.165, 1.54) is 6.20 Å². The summed E-state index contributed by atoms with van der Waals surface area (Å²) in [4.78, 5) is 68.4. The molecule has 212 valence electrons. The topological polar surface area (TPSA) is 193 Å². The van der Waals surface area contributed by atoms with Gasteiger partial charge in [0.25, 0.3) is 11.8 Å². The average molecular weight is 554 g/mol. The molecule has 3 amide bonds. The second kappa shape index (κ2) is 13.2. The number of ether oxygens (including phenoxy) is 2. The molecule has 0 atom stereocenters. The number of imide groups is 1. The molecule has 1 heterocycles. The number of esters is 1. The number of H-pyrrole nitrogens is 1. The van der Waals surface area contributed by atoms with Crippen LogP contribution in [0.25, 0.3) is 0 Å². The molecule has 0 unspecified atom stereocenters. The monoisotopic (exact) mass is 553 g/mol. The van der Waals surface area contributed by atoms with Crippen molar-refractivity contribution in [1.29, 1.82) is 0 Å². The summed E-state index contributed by atoms with van der Waals surface area (Å²) in [6.45, 7) is 4.43. The Labute approximate surface area is 230 Å². The second-order valence-electron chi connectivity index (χ2n) is 9.07. The number of aliphatic carboxylic acids is 1. The van der Waals surface area contributed by atoms with Gasteiger partial charge in [-0.2, -0.15) is 0 Å². The maximum Gasteiger partial charge on any atom is 0.419 e. The third kappa shape index (κ3) is 7.79. The maximum atomic E-state index is 13.2. The third-order valence-electron chi connectivity index (χ3n) is 5.91. The van der Waals surface area contributed by atoms with Gasteiger partial charge < -0.3 is 30.6 Å². The van der Waals surface area contributed by atoms with Crippen LogP contribution in [0.1, 0.15) is 63.7 Å². The first-order valence-corrected chi connectivity index (χ1v) is 12.5. The van der Waals surface area contributed by atoms with Gasteiger partial charge in [0.15, 0.2) is 0 Å². The van der Waals surface area contributed by atoms with Crippen molar-refractivity contribution in [3.63, 3.8) is 0 Å². The van der Waals surface area contributed by atoms with Gasteiger partial charge in [0.1, 0.15) is 5.84 Å². The van der Waals surface area contributed by atoms with Crippen molar-refractivity contribution < 1.29 is 38.6 Å². The van der Waals surface area contributed by atoms with Gasteiger partial charge in [-0.3, -0.25) is 9.59 Å². The number of aryl methyl sites for hydroxylation is 1. The van der Waals surface area contributed by atoms with Gasteiger partial charge in [-0.15, -0.1) is 0 Å². The fourth-order valence-electron chi connectivity index (χ4n) is 3.58. The fraction of sp³-hybridized carbons (Fsp3) is 0.333. The summed E-state index contributed by atoms with van der Waals surface area (Å²) in [5.74, 6) is -3.16. The third-order valence-corrected chi connectivity index (χ3v) is 5.91. The van der Waals surface area contributed by atoms with Gasteiger partial charge in [0, 0.05) is 36.5 Å². The van der Waals surface area contributed by atoms with E-state index in [-0.39, 0.29) is 29.9 Å². The summed E-state index contributed by atoms with van der Waals surface area (Å²) < 4.78 is 9.49. The van der Waals surface area contributed by atoms with E-state index >= 15 is 0 Å². The summed E-state index contributed by atoms with van der Waals surface area (Å²) in [5, 5.41) is 11.5. The van der Waals surface area contributed by atoms with E-state index in [1.807, 2.05) is 6.92 Å². The van der Waals surface area contributed by atoms with E-state index in [9.17, 15) is 24.0 Å². The highest BCUT2D eigenvalue weighted by atomic mass is 16.7. The number of hydrogen-bond donors (Lipinski definition) is 4. The number of aliphatic imine (C=N–C) groups is 1. The van der Waals surface area contributed by atoms with E-state index in [0.29, 0.717) is 41.1 Å². The zero-order chi connectivity index (χ0) is 29.4. The van der Waals surface area contributed by atoms with Crippen LogP contribution in [0.2, 0.25) is 0 Å². The number of carboxylic acids is 1. The smallest absolute Gasteiger partial charge is 0.419 e. The minimum Gasteiger partial charge on any atom is -0.478 e. The number of rotatable bonds is 11. The molecule has 0 aliphatic heterocycles. The van der Waals surface area contributed by atoms with Gasteiger partial charge in [-0.25, -0.2) is 24.3 Å². The summed E-state index contributed by atoms with van der Waals surface area (Å²) >= 11 is 0. The highest BCUT2D eigenvalue weighted by molar-refractivity contribution is 6.07. The van der Waals surface area contributed by atoms with Crippen LogP contribution in [0.15, 0.2) is 41.5 Å². The average Bonchev–Trinajstić information content (AvgIpc) is 3.64. The van der Waals surface area contributed by atoms with Crippen molar-refractivity contribution in [3.8, 4) is 0 Å². The molecule has 13 heteroatoms. The Hall–Kier alpha value is -4.94.